The monoisotopic (exact) mass is 282 g/mol. The lowest BCUT2D eigenvalue weighted by Crippen LogP contribution is -2.29. The first-order valence-corrected chi connectivity index (χ1v) is 7.64. The van der Waals surface area contributed by atoms with Gasteiger partial charge in [0.1, 0.15) is 0 Å². The molecular formula is C16H27ClN2. The minimum atomic E-state index is 0.204. The maximum absolute atomic E-state index is 6.14. The lowest BCUT2D eigenvalue weighted by Gasteiger charge is -2.28. The van der Waals surface area contributed by atoms with Crippen LogP contribution < -0.4 is 10.6 Å². The molecule has 2 nitrogen and oxygen atoms in total. The number of nitrogens with zero attached hydrogens (tertiary/aromatic N) is 1. The van der Waals surface area contributed by atoms with Crippen LogP contribution in [0.2, 0.25) is 5.02 Å². The molecule has 0 bridgehead atoms. The van der Waals surface area contributed by atoms with Crippen molar-refractivity contribution in [2.45, 2.75) is 46.6 Å². The maximum atomic E-state index is 6.14. The highest BCUT2D eigenvalue weighted by Gasteiger charge is 2.13. The summed E-state index contributed by atoms with van der Waals surface area (Å²) in [6.45, 7) is 10.9. The minimum Gasteiger partial charge on any atom is -0.371 e. The molecule has 0 aromatic heterocycles. The molecule has 0 spiro atoms. The largest absolute Gasteiger partial charge is 0.371 e. The third-order valence-corrected chi connectivity index (χ3v) is 3.59. The zero-order valence-electron chi connectivity index (χ0n) is 12.6. The number of benzene rings is 1. The molecule has 0 fully saturated rings. The molecule has 1 unspecified atom stereocenters. The van der Waals surface area contributed by atoms with Crippen LogP contribution in [-0.2, 0) is 6.42 Å². The minimum absolute atomic E-state index is 0.204. The van der Waals surface area contributed by atoms with E-state index in [-0.39, 0.29) is 6.04 Å². The van der Waals surface area contributed by atoms with Crippen molar-refractivity contribution in [2.24, 2.45) is 11.7 Å². The van der Waals surface area contributed by atoms with Crippen LogP contribution in [0.3, 0.4) is 0 Å². The third-order valence-electron chi connectivity index (χ3n) is 3.36. The first kappa shape index (κ1) is 16.3. The van der Waals surface area contributed by atoms with E-state index in [2.05, 4.69) is 44.7 Å². The van der Waals surface area contributed by atoms with E-state index in [1.807, 2.05) is 6.07 Å². The lowest BCUT2D eigenvalue weighted by molar-refractivity contribution is 0.610. The first-order valence-electron chi connectivity index (χ1n) is 7.26. The van der Waals surface area contributed by atoms with Crippen LogP contribution in [0.1, 0.15) is 39.7 Å². The van der Waals surface area contributed by atoms with Crippen molar-refractivity contribution in [1.82, 2.24) is 0 Å². The van der Waals surface area contributed by atoms with Crippen molar-refractivity contribution in [3.05, 3.63) is 28.8 Å². The summed E-state index contributed by atoms with van der Waals surface area (Å²) in [6.07, 6.45) is 1.88. The van der Waals surface area contributed by atoms with Gasteiger partial charge in [-0.3, -0.25) is 0 Å². The number of hydrogen-bond donors (Lipinski definition) is 1. The smallest absolute Gasteiger partial charge is 0.0410 e. The van der Waals surface area contributed by atoms with Crippen LogP contribution in [-0.4, -0.2) is 19.1 Å². The van der Waals surface area contributed by atoms with E-state index in [4.69, 9.17) is 17.3 Å². The highest BCUT2D eigenvalue weighted by Crippen LogP contribution is 2.26. The van der Waals surface area contributed by atoms with Crippen LogP contribution in [0.4, 0.5) is 5.69 Å². The van der Waals surface area contributed by atoms with Crippen LogP contribution in [0.15, 0.2) is 18.2 Å². The van der Waals surface area contributed by atoms with Crippen molar-refractivity contribution in [3.63, 3.8) is 0 Å². The summed E-state index contributed by atoms with van der Waals surface area (Å²) in [7, 11) is 0. The molecule has 0 saturated heterocycles. The lowest BCUT2D eigenvalue weighted by atomic mass is 10.0. The molecule has 0 aliphatic heterocycles. The van der Waals surface area contributed by atoms with Gasteiger partial charge in [0, 0.05) is 29.8 Å². The van der Waals surface area contributed by atoms with Crippen LogP contribution >= 0.6 is 11.6 Å². The van der Waals surface area contributed by atoms with E-state index in [1.54, 1.807) is 0 Å². The molecular weight excluding hydrogens is 256 g/mol. The standard InChI is InChI=1S/C16H27ClN2/c1-5-15(18)10-13-9-14(17)7-8-16(13)19(6-2)11-12(3)4/h7-9,12,15H,5-6,10-11,18H2,1-4H3. The Balaban J connectivity index is 3.03. The highest BCUT2D eigenvalue weighted by atomic mass is 35.5. The topological polar surface area (TPSA) is 29.3 Å². The van der Waals surface area contributed by atoms with Crippen molar-refractivity contribution in [2.75, 3.05) is 18.0 Å². The van der Waals surface area contributed by atoms with Gasteiger partial charge >= 0.3 is 0 Å². The normalized spacial score (nSPS) is 12.8. The Hall–Kier alpha value is -0.730. The van der Waals surface area contributed by atoms with Gasteiger partial charge in [-0.2, -0.15) is 0 Å². The molecule has 1 aromatic rings. The molecule has 0 heterocycles. The van der Waals surface area contributed by atoms with Crippen LogP contribution in [0, 0.1) is 5.92 Å². The average Bonchev–Trinajstić information content (AvgIpc) is 2.36. The van der Waals surface area contributed by atoms with Gasteiger partial charge in [-0.05, 0) is 49.4 Å². The number of nitrogens with two attached hydrogens (primary N) is 1. The Labute approximate surface area is 122 Å². The van der Waals surface area contributed by atoms with E-state index in [9.17, 15) is 0 Å². The molecule has 0 aliphatic carbocycles. The zero-order valence-corrected chi connectivity index (χ0v) is 13.4. The Kier molecular flexibility index (Phi) is 6.67. The summed E-state index contributed by atoms with van der Waals surface area (Å²) in [6, 6.07) is 6.37. The summed E-state index contributed by atoms with van der Waals surface area (Å²) in [5, 5.41) is 0.794. The molecule has 0 radical (unpaired) electrons. The third kappa shape index (κ3) is 5.04. The van der Waals surface area contributed by atoms with Gasteiger partial charge in [-0.15, -0.1) is 0 Å². The van der Waals surface area contributed by atoms with Crippen LogP contribution in [0.5, 0.6) is 0 Å². The first-order chi connectivity index (χ1) is 8.97. The fourth-order valence-electron chi connectivity index (χ4n) is 2.29. The predicted octanol–water partition coefficient (Wildman–Crippen LogP) is 4.10. The number of halogens is 1. The van der Waals surface area contributed by atoms with Gasteiger partial charge in [0.15, 0.2) is 0 Å². The second-order valence-electron chi connectivity index (χ2n) is 5.58. The van der Waals surface area contributed by atoms with Crippen LogP contribution in [0.25, 0.3) is 0 Å². The molecule has 1 aromatic carbocycles. The number of rotatable bonds is 7. The predicted molar refractivity (Wildman–Crippen MR) is 86.1 cm³/mol. The number of hydrogen-bond acceptors (Lipinski definition) is 2. The molecule has 2 N–H and O–H groups in total. The maximum Gasteiger partial charge on any atom is 0.0410 e. The molecule has 108 valence electrons. The fraction of sp³-hybridized carbons (Fsp3) is 0.625. The SMILES string of the molecule is CCC(N)Cc1cc(Cl)ccc1N(CC)CC(C)C. The number of anilines is 1. The van der Waals surface area contributed by atoms with Gasteiger partial charge in [-0.1, -0.05) is 32.4 Å². The Bertz CT molecular complexity index is 390. The Morgan fingerprint density at radius 2 is 1.95 bits per heavy atom. The molecule has 3 heteroatoms. The summed E-state index contributed by atoms with van der Waals surface area (Å²) >= 11 is 6.14. The summed E-state index contributed by atoms with van der Waals surface area (Å²) in [4.78, 5) is 2.42. The molecule has 0 aliphatic rings. The summed E-state index contributed by atoms with van der Waals surface area (Å²) in [5.74, 6) is 0.642. The second-order valence-corrected chi connectivity index (χ2v) is 6.01. The quantitative estimate of drug-likeness (QED) is 0.816. The fourth-order valence-corrected chi connectivity index (χ4v) is 2.49. The molecule has 19 heavy (non-hydrogen) atoms. The summed E-state index contributed by atoms with van der Waals surface area (Å²) in [5.41, 5.74) is 8.66. The molecule has 1 rings (SSSR count). The molecule has 1 atom stereocenters. The second kappa shape index (κ2) is 7.76. The highest BCUT2D eigenvalue weighted by molar-refractivity contribution is 6.30. The Morgan fingerprint density at radius 3 is 2.47 bits per heavy atom. The van der Waals surface area contributed by atoms with Gasteiger partial charge in [0.2, 0.25) is 0 Å². The van der Waals surface area contributed by atoms with Crippen molar-refractivity contribution in [1.29, 1.82) is 0 Å². The van der Waals surface area contributed by atoms with E-state index < -0.39 is 0 Å². The zero-order chi connectivity index (χ0) is 14.4. The van der Waals surface area contributed by atoms with Gasteiger partial charge < -0.3 is 10.6 Å². The molecule has 0 amide bonds. The van der Waals surface area contributed by atoms with E-state index in [0.29, 0.717) is 5.92 Å². The van der Waals surface area contributed by atoms with E-state index in [1.165, 1.54) is 11.3 Å². The summed E-state index contributed by atoms with van der Waals surface area (Å²) < 4.78 is 0. The Morgan fingerprint density at radius 1 is 1.26 bits per heavy atom. The van der Waals surface area contributed by atoms with Gasteiger partial charge in [0.05, 0.1) is 0 Å². The van der Waals surface area contributed by atoms with E-state index in [0.717, 1.165) is 31.0 Å². The average molecular weight is 283 g/mol. The van der Waals surface area contributed by atoms with Crippen molar-refractivity contribution < 1.29 is 0 Å². The van der Waals surface area contributed by atoms with E-state index >= 15 is 0 Å². The van der Waals surface area contributed by atoms with Gasteiger partial charge in [0.25, 0.3) is 0 Å². The van der Waals surface area contributed by atoms with Gasteiger partial charge in [-0.25, -0.2) is 0 Å². The van der Waals surface area contributed by atoms with Crippen molar-refractivity contribution in [3.8, 4) is 0 Å². The van der Waals surface area contributed by atoms with Crippen molar-refractivity contribution >= 4 is 17.3 Å². The molecule has 0 saturated carbocycles.